The zero-order valence-electron chi connectivity index (χ0n) is 18.4. The molecule has 0 spiro atoms. The number of nitrogens with one attached hydrogen (secondary N) is 2. The lowest BCUT2D eigenvalue weighted by atomic mass is 10.1. The van der Waals surface area contributed by atoms with Gasteiger partial charge in [-0.15, -0.1) is 0 Å². The van der Waals surface area contributed by atoms with E-state index in [2.05, 4.69) is 61.7 Å². The molecule has 0 saturated heterocycles. The fourth-order valence-corrected chi connectivity index (χ4v) is 3.58. The van der Waals surface area contributed by atoms with Gasteiger partial charge < -0.3 is 14.8 Å². The van der Waals surface area contributed by atoms with Crippen LogP contribution in [0.15, 0.2) is 41.4 Å². The molecule has 0 amide bonds. The summed E-state index contributed by atoms with van der Waals surface area (Å²) in [5, 5.41) is 7.59. The molecule has 1 aliphatic rings. The molecule has 8 nitrogen and oxygen atoms in total. The van der Waals surface area contributed by atoms with Gasteiger partial charge in [-0.2, -0.15) is 0 Å². The Morgan fingerprint density at radius 3 is 2.61 bits per heavy atom. The van der Waals surface area contributed by atoms with Crippen LogP contribution in [0, 0.1) is 13.8 Å². The van der Waals surface area contributed by atoms with Gasteiger partial charge in [-0.05, 0) is 49.6 Å². The van der Waals surface area contributed by atoms with Crippen LogP contribution in [0.1, 0.15) is 16.8 Å². The maximum Gasteiger partial charge on any atom is 0.230 e. The average Bonchev–Trinajstić information content (AvgIpc) is 2.78. The van der Waals surface area contributed by atoms with Crippen molar-refractivity contribution in [3.8, 4) is 11.5 Å². The van der Waals surface area contributed by atoms with E-state index in [-0.39, 0.29) is 0 Å². The van der Waals surface area contributed by atoms with Crippen LogP contribution in [0.2, 0.25) is 0 Å². The number of hydrogen-bond donors (Lipinski definition) is 2. The van der Waals surface area contributed by atoms with Gasteiger partial charge in [-0.3, -0.25) is 10.2 Å². The first-order valence-electron chi connectivity index (χ1n) is 10.3. The second kappa shape index (κ2) is 9.18. The summed E-state index contributed by atoms with van der Waals surface area (Å²) >= 11 is 0. The van der Waals surface area contributed by atoms with Gasteiger partial charge >= 0.3 is 0 Å². The second-order valence-electron chi connectivity index (χ2n) is 7.60. The van der Waals surface area contributed by atoms with Crippen LogP contribution in [-0.2, 0) is 6.42 Å². The van der Waals surface area contributed by atoms with Crippen molar-refractivity contribution in [3.05, 3.63) is 53.2 Å². The standard InChI is InChI=1S/C23H28N6O2/c1-15-5-7-18-16(2)26-23(27-19(18)11-15)28-22-24-13-29(14-25-22)10-9-17-6-8-20(30-3)21(12-17)31-4/h5-8,11-12H,9-10,13-14H2,1-4H3,(H2,24,25,26,27,28). The summed E-state index contributed by atoms with van der Waals surface area (Å²) in [5.41, 5.74) is 4.25. The summed E-state index contributed by atoms with van der Waals surface area (Å²) in [5.74, 6) is 2.74. The lowest BCUT2D eigenvalue weighted by Crippen LogP contribution is -2.46. The molecule has 2 aromatic carbocycles. The molecule has 0 atom stereocenters. The molecule has 162 valence electrons. The molecule has 0 unspecified atom stereocenters. The largest absolute Gasteiger partial charge is 0.493 e. The van der Waals surface area contributed by atoms with E-state index in [9.17, 15) is 0 Å². The number of rotatable bonds is 6. The zero-order chi connectivity index (χ0) is 21.8. The lowest BCUT2D eigenvalue weighted by molar-refractivity contribution is 0.268. The van der Waals surface area contributed by atoms with Gasteiger partial charge in [0.2, 0.25) is 11.9 Å². The summed E-state index contributed by atoms with van der Waals surface area (Å²) in [6, 6.07) is 12.2. The van der Waals surface area contributed by atoms with Crippen LogP contribution in [0.5, 0.6) is 11.5 Å². The fraction of sp³-hybridized carbons (Fsp3) is 0.348. The number of methoxy groups -OCH3 is 2. The average molecular weight is 421 g/mol. The van der Waals surface area contributed by atoms with Gasteiger partial charge in [0, 0.05) is 11.9 Å². The van der Waals surface area contributed by atoms with Crippen molar-refractivity contribution in [2.75, 3.05) is 39.4 Å². The number of hydrogen-bond acceptors (Lipinski definition) is 8. The van der Waals surface area contributed by atoms with E-state index in [1.54, 1.807) is 14.2 Å². The van der Waals surface area contributed by atoms with Gasteiger partial charge in [0.05, 0.1) is 38.8 Å². The first kappa shape index (κ1) is 20.9. The number of aliphatic imine (C=N–C) groups is 1. The van der Waals surface area contributed by atoms with Gasteiger partial charge in [0.15, 0.2) is 11.5 Å². The Kier molecular flexibility index (Phi) is 6.18. The highest BCUT2D eigenvalue weighted by Crippen LogP contribution is 2.27. The lowest BCUT2D eigenvalue weighted by Gasteiger charge is -2.27. The maximum atomic E-state index is 5.39. The van der Waals surface area contributed by atoms with Crippen LogP contribution in [-0.4, -0.2) is 54.9 Å². The van der Waals surface area contributed by atoms with E-state index in [0.29, 0.717) is 25.2 Å². The van der Waals surface area contributed by atoms with Crippen molar-refractivity contribution in [1.29, 1.82) is 0 Å². The minimum absolute atomic E-state index is 0.556. The highest BCUT2D eigenvalue weighted by atomic mass is 16.5. The first-order valence-corrected chi connectivity index (χ1v) is 10.3. The molecule has 0 aliphatic carbocycles. The third-order valence-corrected chi connectivity index (χ3v) is 5.34. The molecule has 0 radical (unpaired) electrons. The van der Waals surface area contributed by atoms with Crippen molar-refractivity contribution in [1.82, 2.24) is 20.2 Å². The number of aryl methyl sites for hydroxylation is 2. The highest BCUT2D eigenvalue weighted by molar-refractivity contribution is 5.93. The number of nitrogens with zero attached hydrogens (tertiary/aromatic N) is 4. The summed E-state index contributed by atoms with van der Waals surface area (Å²) in [6.45, 7) is 6.24. The van der Waals surface area contributed by atoms with Crippen LogP contribution >= 0.6 is 0 Å². The van der Waals surface area contributed by atoms with E-state index in [1.165, 1.54) is 11.1 Å². The van der Waals surface area contributed by atoms with Crippen molar-refractivity contribution >= 4 is 22.8 Å². The molecule has 4 rings (SSSR count). The molecular weight excluding hydrogens is 392 g/mol. The van der Waals surface area contributed by atoms with E-state index in [1.807, 2.05) is 19.1 Å². The van der Waals surface area contributed by atoms with Crippen molar-refractivity contribution < 1.29 is 9.47 Å². The summed E-state index contributed by atoms with van der Waals surface area (Å²) < 4.78 is 10.7. The maximum absolute atomic E-state index is 5.39. The Bertz CT molecular complexity index is 1110. The Balaban J connectivity index is 1.36. The minimum atomic E-state index is 0.556. The number of anilines is 1. The highest BCUT2D eigenvalue weighted by Gasteiger charge is 2.14. The number of fused-ring (bicyclic) bond motifs is 1. The van der Waals surface area contributed by atoms with E-state index in [4.69, 9.17) is 9.47 Å². The molecule has 2 N–H and O–H groups in total. The van der Waals surface area contributed by atoms with E-state index in [0.717, 1.165) is 41.1 Å². The van der Waals surface area contributed by atoms with Gasteiger partial charge in [0.25, 0.3) is 0 Å². The molecule has 8 heteroatoms. The number of benzene rings is 2. The Morgan fingerprint density at radius 1 is 1.03 bits per heavy atom. The molecule has 0 bridgehead atoms. The number of guanidine groups is 1. The van der Waals surface area contributed by atoms with Gasteiger partial charge in [0.1, 0.15) is 0 Å². The van der Waals surface area contributed by atoms with Crippen molar-refractivity contribution in [2.45, 2.75) is 20.3 Å². The Morgan fingerprint density at radius 2 is 1.87 bits per heavy atom. The van der Waals surface area contributed by atoms with Crippen molar-refractivity contribution in [2.24, 2.45) is 4.99 Å². The zero-order valence-corrected chi connectivity index (χ0v) is 18.4. The third-order valence-electron chi connectivity index (χ3n) is 5.34. The van der Waals surface area contributed by atoms with E-state index < -0.39 is 0 Å². The summed E-state index contributed by atoms with van der Waals surface area (Å²) in [7, 11) is 3.30. The molecule has 2 heterocycles. The van der Waals surface area contributed by atoms with Gasteiger partial charge in [-0.1, -0.05) is 18.2 Å². The topological polar surface area (TPSA) is 83.9 Å². The normalized spacial score (nSPS) is 14.1. The van der Waals surface area contributed by atoms with Crippen LogP contribution in [0.25, 0.3) is 10.9 Å². The fourth-order valence-electron chi connectivity index (χ4n) is 3.58. The molecule has 3 aromatic rings. The Hall–Kier alpha value is -3.39. The quantitative estimate of drug-likeness (QED) is 0.634. The predicted octanol–water partition coefficient (Wildman–Crippen LogP) is 3.09. The summed E-state index contributed by atoms with van der Waals surface area (Å²) in [6.07, 6.45) is 0.895. The molecule has 1 aliphatic heterocycles. The van der Waals surface area contributed by atoms with Gasteiger partial charge in [-0.25, -0.2) is 15.0 Å². The smallest absolute Gasteiger partial charge is 0.230 e. The number of ether oxygens (including phenoxy) is 2. The van der Waals surface area contributed by atoms with Crippen LogP contribution < -0.4 is 20.1 Å². The monoisotopic (exact) mass is 420 g/mol. The first-order chi connectivity index (χ1) is 15.1. The molecule has 0 saturated carbocycles. The third kappa shape index (κ3) is 4.86. The molecule has 0 fully saturated rings. The number of aromatic nitrogens is 2. The summed E-state index contributed by atoms with van der Waals surface area (Å²) in [4.78, 5) is 16.0. The molecular formula is C23H28N6O2. The van der Waals surface area contributed by atoms with Crippen LogP contribution in [0.4, 0.5) is 5.95 Å². The van der Waals surface area contributed by atoms with Crippen LogP contribution in [0.3, 0.4) is 0 Å². The SMILES string of the molecule is COc1ccc(CCN2CN=C(Nc3nc(C)c4ccc(C)cc4n3)NC2)cc1OC. The molecule has 31 heavy (non-hydrogen) atoms. The molecule has 1 aromatic heterocycles. The minimum Gasteiger partial charge on any atom is -0.493 e. The second-order valence-corrected chi connectivity index (χ2v) is 7.60. The predicted molar refractivity (Wildman–Crippen MR) is 123 cm³/mol. The Labute approximate surface area is 182 Å². The van der Waals surface area contributed by atoms with Crippen molar-refractivity contribution in [3.63, 3.8) is 0 Å². The van der Waals surface area contributed by atoms with E-state index >= 15 is 0 Å².